The van der Waals surface area contributed by atoms with Crippen LogP contribution in [-0.2, 0) is 17.9 Å². The van der Waals surface area contributed by atoms with E-state index in [1.807, 2.05) is 50.2 Å². The van der Waals surface area contributed by atoms with Crippen molar-refractivity contribution >= 4 is 11.9 Å². The third kappa shape index (κ3) is 4.43. The van der Waals surface area contributed by atoms with Gasteiger partial charge in [0.25, 0.3) is 5.91 Å². The second-order valence-electron chi connectivity index (χ2n) is 9.43. The molecule has 0 saturated carbocycles. The molecule has 0 aromatic heterocycles. The molecule has 3 aliphatic rings. The Hall–Kier alpha value is -3.26. The van der Waals surface area contributed by atoms with Crippen LogP contribution in [0.15, 0.2) is 42.5 Å². The standard InChI is InChI=1S/C27H33N3O5/c1-3-27(21-11-13-29(14-12-21)17-20-7-5-6-8-22(20)33-4-2)25(31)30(26(32)28-27)16-19-9-10-23-24(15-19)35-18-34-23/h5-10,15,21H,3-4,11-14,16-18H2,1-2H3,(H,28,32). The van der Waals surface area contributed by atoms with Crippen molar-refractivity contribution in [2.45, 2.75) is 51.7 Å². The van der Waals surface area contributed by atoms with E-state index in [9.17, 15) is 9.59 Å². The van der Waals surface area contributed by atoms with Crippen LogP contribution in [0.2, 0.25) is 0 Å². The van der Waals surface area contributed by atoms with E-state index in [0.29, 0.717) is 24.5 Å². The van der Waals surface area contributed by atoms with Gasteiger partial charge in [-0.1, -0.05) is 31.2 Å². The molecule has 0 aliphatic carbocycles. The molecule has 2 saturated heterocycles. The van der Waals surface area contributed by atoms with Crippen molar-refractivity contribution in [2.75, 3.05) is 26.5 Å². The topological polar surface area (TPSA) is 80.3 Å². The summed E-state index contributed by atoms with van der Waals surface area (Å²) in [5, 5.41) is 3.09. The number of benzene rings is 2. The van der Waals surface area contributed by atoms with E-state index >= 15 is 0 Å². The summed E-state index contributed by atoms with van der Waals surface area (Å²) >= 11 is 0. The van der Waals surface area contributed by atoms with Crippen molar-refractivity contribution in [1.29, 1.82) is 0 Å². The van der Waals surface area contributed by atoms with Crippen LogP contribution in [0.4, 0.5) is 4.79 Å². The fourth-order valence-electron chi connectivity index (χ4n) is 5.57. The maximum Gasteiger partial charge on any atom is 0.325 e. The second-order valence-corrected chi connectivity index (χ2v) is 9.43. The zero-order chi connectivity index (χ0) is 24.4. The zero-order valence-corrected chi connectivity index (χ0v) is 20.4. The fourth-order valence-corrected chi connectivity index (χ4v) is 5.57. The van der Waals surface area contributed by atoms with Crippen LogP contribution in [0.3, 0.4) is 0 Å². The summed E-state index contributed by atoms with van der Waals surface area (Å²) in [4.78, 5) is 30.4. The van der Waals surface area contributed by atoms with E-state index in [1.54, 1.807) is 0 Å². The number of nitrogens with one attached hydrogen (secondary N) is 1. The lowest BCUT2D eigenvalue weighted by Gasteiger charge is -2.40. The molecule has 2 aromatic carbocycles. The maximum atomic E-state index is 13.7. The minimum Gasteiger partial charge on any atom is -0.494 e. The first-order valence-corrected chi connectivity index (χ1v) is 12.5. The lowest BCUT2D eigenvalue weighted by molar-refractivity contribution is -0.134. The number of rotatable bonds is 8. The van der Waals surface area contributed by atoms with E-state index in [1.165, 1.54) is 10.5 Å². The predicted octanol–water partition coefficient (Wildman–Crippen LogP) is 3.93. The molecule has 35 heavy (non-hydrogen) atoms. The number of fused-ring (bicyclic) bond motifs is 1. The van der Waals surface area contributed by atoms with Crippen molar-refractivity contribution in [3.05, 3.63) is 53.6 Å². The Morgan fingerprint density at radius 1 is 1.03 bits per heavy atom. The first-order valence-electron chi connectivity index (χ1n) is 12.5. The van der Waals surface area contributed by atoms with Gasteiger partial charge >= 0.3 is 6.03 Å². The molecule has 1 atom stereocenters. The smallest absolute Gasteiger partial charge is 0.325 e. The van der Waals surface area contributed by atoms with Crippen molar-refractivity contribution in [3.63, 3.8) is 0 Å². The molecule has 186 valence electrons. The average Bonchev–Trinajstić information content (AvgIpc) is 3.44. The van der Waals surface area contributed by atoms with Crippen LogP contribution >= 0.6 is 0 Å². The van der Waals surface area contributed by atoms with Gasteiger partial charge in [0, 0.05) is 12.1 Å². The highest BCUT2D eigenvalue weighted by molar-refractivity contribution is 6.07. The molecule has 8 nitrogen and oxygen atoms in total. The van der Waals surface area contributed by atoms with Gasteiger partial charge in [0.05, 0.1) is 13.2 Å². The van der Waals surface area contributed by atoms with Crippen LogP contribution in [-0.4, -0.2) is 53.8 Å². The molecule has 3 aliphatic heterocycles. The van der Waals surface area contributed by atoms with E-state index < -0.39 is 5.54 Å². The Morgan fingerprint density at radius 3 is 2.57 bits per heavy atom. The number of piperidine rings is 1. The molecule has 0 spiro atoms. The largest absolute Gasteiger partial charge is 0.494 e. The summed E-state index contributed by atoms with van der Waals surface area (Å²) in [5.41, 5.74) is 1.17. The quantitative estimate of drug-likeness (QED) is 0.578. The first kappa shape index (κ1) is 23.5. The third-order valence-electron chi connectivity index (χ3n) is 7.49. The number of urea groups is 1. The Morgan fingerprint density at radius 2 is 1.80 bits per heavy atom. The summed E-state index contributed by atoms with van der Waals surface area (Å²) in [6, 6.07) is 13.4. The molecule has 0 radical (unpaired) electrons. The van der Waals surface area contributed by atoms with Crippen molar-refractivity contribution in [3.8, 4) is 17.2 Å². The maximum absolute atomic E-state index is 13.7. The third-order valence-corrected chi connectivity index (χ3v) is 7.49. The highest BCUT2D eigenvalue weighted by Crippen LogP contribution is 2.38. The summed E-state index contributed by atoms with van der Waals surface area (Å²) in [6.45, 7) is 7.60. The zero-order valence-electron chi connectivity index (χ0n) is 20.4. The molecule has 3 heterocycles. The van der Waals surface area contributed by atoms with Gasteiger partial charge in [-0.15, -0.1) is 0 Å². The number of para-hydroxylation sites is 1. The van der Waals surface area contributed by atoms with Gasteiger partial charge in [-0.25, -0.2) is 4.79 Å². The van der Waals surface area contributed by atoms with Crippen molar-refractivity contribution in [2.24, 2.45) is 5.92 Å². The van der Waals surface area contributed by atoms with Gasteiger partial charge in [-0.2, -0.15) is 0 Å². The molecule has 8 heteroatoms. The minimum atomic E-state index is -0.845. The summed E-state index contributed by atoms with van der Waals surface area (Å²) in [6.07, 6.45) is 2.29. The molecular weight excluding hydrogens is 446 g/mol. The van der Waals surface area contributed by atoms with Crippen LogP contribution in [0.25, 0.3) is 0 Å². The number of nitrogens with zero attached hydrogens (tertiary/aromatic N) is 2. The Balaban J connectivity index is 1.25. The van der Waals surface area contributed by atoms with Crippen LogP contribution < -0.4 is 19.5 Å². The molecule has 3 amide bonds. The molecule has 2 fully saturated rings. The summed E-state index contributed by atoms with van der Waals surface area (Å²) in [7, 11) is 0. The molecule has 5 rings (SSSR count). The molecule has 1 unspecified atom stereocenters. The molecular formula is C27H33N3O5. The van der Waals surface area contributed by atoms with E-state index in [4.69, 9.17) is 14.2 Å². The number of carbonyl (C=O) groups is 2. The Bertz CT molecular complexity index is 1100. The second kappa shape index (κ2) is 9.77. The number of hydrogen-bond acceptors (Lipinski definition) is 6. The van der Waals surface area contributed by atoms with Gasteiger partial charge in [-0.3, -0.25) is 14.6 Å². The molecule has 2 aromatic rings. The summed E-state index contributed by atoms with van der Waals surface area (Å²) < 4.78 is 16.6. The Kier molecular flexibility index (Phi) is 6.56. The lowest BCUT2D eigenvalue weighted by Crippen LogP contribution is -2.55. The Labute approximate surface area is 206 Å². The first-order chi connectivity index (χ1) is 17.0. The lowest BCUT2D eigenvalue weighted by atomic mass is 9.75. The SMILES string of the molecule is CCOc1ccccc1CN1CCC(C2(CC)NC(=O)N(Cc3ccc4c(c3)OCO4)C2=O)CC1. The van der Waals surface area contributed by atoms with Gasteiger partial charge in [0.15, 0.2) is 11.5 Å². The average molecular weight is 480 g/mol. The molecule has 1 N–H and O–H groups in total. The normalized spacial score (nSPS) is 22.5. The summed E-state index contributed by atoms with van der Waals surface area (Å²) in [5.74, 6) is 2.24. The van der Waals surface area contributed by atoms with Gasteiger partial charge < -0.3 is 19.5 Å². The monoisotopic (exact) mass is 479 g/mol. The number of imide groups is 1. The van der Waals surface area contributed by atoms with E-state index in [2.05, 4.69) is 16.3 Å². The van der Waals surface area contributed by atoms with Gasteiger partial charge in [0.2, 0.25) is 6.79 Å². The van der Waals surface area contributed by atoms with Crippen LogP contribution in [0.5, 0.6) is 17.2 Å². The number of hydrogen-bond donors (Lipinski definition) is 1. The van der Waals surface area contributed by atoms with Crippen molar-refractivity contribution < 1.29 is 23.8 Å². The van der Waals surface area contributed by atoms with Gasteiger partial charge in [-0.05, 0) is 69.0 Å². The van der Waals surface area contributed by atoms with E-state index in [-0.39, 0.29) is 31.2 Å². The van der Waals surface area contributed by atoms with Crippen LogP contribution in [0.1, 0.15) is 44.2 Å². The number of likely N-dealkylation sites (tertiary alicyclic amines) is 1. The highest BCUT2D eigenvalue weighted by atomic mass is 16.7. The van der Waals surface area contributed by atoms with E-state index in [0.717, 1.165) is 43.8 Å². The van der Waals surface area contributed by atoms with Gasteiger partial charge in [0.1, 0.15) is 11.3 Å². The fraction of sp³-hybridized carbons (Fsp3) is 0.481. The minimum absolute atomic E-state index is 0.101. The number of ether oxygens (including phenoxy) is 3. The highest BCUT2D eigenvalue weighted by Gasteiger charge is 2.54. The predicted molar refractivity (Wildman–Crippen MR) is 130 cm³/mol. The number of carbonyl (C=O) groups excluding carboxylic acids is 2. The molecule has 0 bridgehead atoms. The van der Waals surface area contributed by atoms with Crippen LogP contribution in [0, 0.1) is 5.92 Å². The number of amides is 3. The van der Waals surface area contributed by atoms with Crippen molar-refractivity contribution in [1.82, 2.24) is 15.1 Å².